The molecule has 0 unspecified atom stereocenters. The zero-order chi connectivity index (χ0) is 12.8. The Labute approximate surface area is 109 Å². The first kappa shape index (κ1) is 14.5. The van der Waals surface area contributed by atoms with Crippen molar-refractivity contribution >= 4 is 11.6 Å². The largest absolute Gasteiger partial charge is 0.386 e. The highest BCUT2D eigenvalue weighted by molar-refractivity contribution is 6.31. The number of ether oxygens (including phenoxy) is 1. The number of hydrogen-bond donors (Lipinski definition) is 1. The van der Waals surface area contributed by atoms with Crippen LogP contribution in [0.4, 0.5) is 0 Å². The molecule has 0 saturated carbocycles. The number of aliphatic hydroxyl groups excluding tert-OH is 1. The van der Waals surface area contributed by atoms with Crippen molar-refractivity contribution in [2.45, 2.75) is 45.3 Å². The van der Waals surface area contributed by atoms with Crippen LogP contribution >= 0.6 is 11.6 Å². The van der Waals surface area contributed by atoms with Gasteiger partial charge in [-0.3, -0.25) is 0 Å². The molecule has 3 heteroatoms. The molecule has 1 rings (SSSR count). The van der Waals surface area contributed by atoms with Crippen molar-refractivity contribution in [3.8, 4) is 0 Å². The highest BCUT2D eigenvalue weighted by Gasteiger charge is 2.23. The summed E-state index contributed by atoms with van der Waals surface area (Å²) < 4.78 is 5.37. The lowest BCUT2D eigenvalue weighted by atomic mass is 9.96. The van der Waals surface area contributed by atoms with E-state index >= 15 is 0 Å². The maximum absolute atomic E-state index is 10.4. The zero-order valence-electron chi connectivity index (χ0n) is 10.7. The fourth-order valence-corrected chi connectivity index (χ4v) is 2.35. The standard InChI is InChI=1S/C14H21ClO2/c1-4-5-9-12(17-3)14(16)13-10(2)7-6-8-11(13)15/h6-8,12,14,16H,4-5,9H2,1-3H3/t12-,14+/m0/s1. The Balaban J connectivity index is 2.89. The lowest BCUT2D eigenvalue weighted by Crippen LogP contribution is -2.22. The fourth-order valence-electron chi connectivity index (χ4n) is 2.02. The second-order valence-corrected chi connectivity index (χ2v) is 4.74. The monoisotopic (exact) mass is 256 g/mol. The van der Waals surface area contributed by atoms with E-state index in [9.17, 15) is 5.11 Å². The number of hydrogen-bond acceptors (Lipinski definition) is 2. The first-order valence-electron chi connectivity index (χ1n) is 6.07. The van der Waals surface area contributed by atoms with Crippen LogP contribution < -0.4 is 0 Å². The van der Waals surface area contributed by atoms with Crippen molar-refractivity contribution in [1.82, 2.24) is 0 Å². The second kappa shape index (κ2) is 7.00. The number of aryl methyl sites for hydroxylation is 1. The van der Waals surface area contributed by atoms with Crippen molar-refractivity contribution in [3.05, 3.63) is 34.3 Å². The topological polar surface area (TPSA) is 29.5 Å². The van der Waals surface area contributed by atoms with Crippen LogP contribution in [-0.2, 0) is 4.74 Å². The van der Waals surface area contributed by atoms with Crippen LogP contribution in [0.3, 0.4) is 0 Å². The minimum Gasteiger partial charge on any atom is -0.386 e. The molecule has 0 amide bonds. The second-order valence-electron chi connectivity index (χ2n) is 4.33. The number of rotatable bonds is 6. The van der Waals surface area contributed by atoms with Crippen LogP contribution in [0, 0.1) is 6.92 Å². The molecule has 1 N–H and O–H groups in total. The van der Waals surface area contributed by atoms with Crippen LogP contribution in [0.25, 0.3) is 0 Å². The summed E-state index contributed by atoms with van der Waals surface area (Å²) in [6.07, 6.45) is 2.14. The summed E-state index contributed by atoms with van der Waals surface area (Å²) in [7, 11) is 1.63. The maximum atomic E-state index is 10.4. The minimum absolute atomic E-state index is 0.187. The van der Waals surface area contributed by atoms with Gasteiger partial charge >= 0.3 is 0 Å². The third-order valence-corrected chi connectivity index (χ3v) is 3.39. The Morgan fingerprint density at radius 1 is 1.41 bits per heavy atom. The van der Waals surface area contributed by atoms with Crippen molar-refractivity contribution in [3.63, 3.8) is 0 Å². The molecule has 0 saturated heterocycles. The average molecular weight is 257 g/mol. The molecule has 1 aromatic rings. The van der Waals surface area contributed by atoms with Crippen molar-refractivity contribution in [1.29, 1.82) is 0 Å². The number of benzene rings is 1. The summed E-state index contributed by atoms with van der Waals surface area (Å²) in [4.78, 5) is 0. The van der Waals surface area contributed by atoms with Crippen molar-refractivity contribution < 1.29 is 9.84 Å². The van der Waals surface area contributed by atoms with Crippen LogP contribution in [0.2, 0.25) is 5.02 Å². The third kappa shape index (κ3) is 3.70. The Morgan fingerprint density at radius 2 is 2.12 bits per heavy atom. The van der Waals surface area contributed by atoms with Gasteiger partial charge in [-0.05, 0) is 25.0 Å². The molecular weight excluding hydrogens is 236 g/mol. The molecule has 2 nitrogen and oxygen atoms in total. The smallest absolute Gasteiger partial charge is 0.107 e. The molecular formula is C14H21ClO2. The predicted octanol–water partition coefficient (Wildman–Crippen LogP) is 3.89. The molecule has 0 aliphatic heterocycles. The Morgan fingerprint density at radius 3 is 2.65 bits per heavy atom. The van der Waals surface area contributed by atoms with Gasteiger partial charge < -0.3 is 9.84 Å². The van der Waals surface area contributed by atoms with E-state index < -0.39 is 6.10 Å². The van der Waals surface area contributed by atoms with E-state index in [1.807, 2.05) is 19.1 Å². The van der Waals surface area contributed by atoms with Gasteiger partial charge in [0, 0.05) is 17.7 Å². The Hall–Kier alpha value is -0.570. The molecule has 2 atom stereocenters. The summed E-state index contributed by atoms with van der Waals surface area (Å²) in [5, 5.41) is 11.0. The van der Waals surface area contributed by atoms with E-state index in [1.54, 1.807) is 13.2 Å². The van der Waals surface area contributed by atoms with Gasteiger partial charge in [0.05, 0.1) is 6.10 Å². The van der Waals surface area contributed by atoms with Gasteiger partial charge in [0.2, 0.25) is 0 Å². The van der Waals surface area contributed by atoms with E-state index in [-0.39, 0.29) is 6.10 Å². The Kier molecular flexibility index (Phi) is 5.96. The molecule has 17 heavy (non-hydrogen) atoms. The third-order valence-electron chi connectivity index (χ3n) is 3.06. The molecule has 1 aromatic carbocycles. The Bertz CT molecular complexity index is 332. The van der Waals surface area contributed by atoms with Crippen LogP contribution in [-0.4, -0.2) is 18.3 Å². The predicted molar refractivity (Wildman–Crippen MR) is 71.5 cm³/mol. The zero-order valence-corrected chi connectivity index (χ0v) is 11.5. The molecule has 96 valence electrons. The highest BCUT2D eigenvalue weighted by atomic mass is 35.5. The first-order valence-corrected chi connectivity index (χ1v) is 6.45. The van der Waals surface area contributed by atoms with E-state index in [0.29, 0.717) is 5.02 Å². The summed E-state index contributed by atoms with van der Waals surface area (Å²) >= 11 is 6.14. The minimum atomic E-state index is -0.653. The lowest BCUT2D eigenvalue weighted by Gasteiger charge is -2.24. The lowest BCUT2D eigenvalue weighted by molar-refractivity contribution is -0.0189. The van der Waals surface area contributed by atoms with E-state index in [4.69, 9.17) is 16.3 Å². The molecule has 0 fully saturated rings. The van der Waals surface area contributed by atoms with Gasteiger partial charge in [0.25, 0.3) is 0 Å². The van der Waals surface area contributed by atoms with Crippen molar-refractivity contribution in [2.24, 2.45) is 0 Å². The molecule has 0 bridgehead atoms. The average Bonchev–Trinajstić information content (AvgIpc) is 2.30. The van der Waals surface area contributed by atoms with E-state index in [2.05, 4.69) is 6.92 Å². The molecule has 0 aromatic heterocycles. The number of halogens is 1. The first-order chi connectivity index (χ1) is 8.11. The summed E-state index contributed by atoms with van der Waals surface area (Å²) in [6, 6.07) is 5.65. The summed E-state index contributed by atoms with van der Waals surface area (Å²) in [6.45, 7) is 4.08. The van der Waals surface area contributed by atoms with Gasteiger partial charge in [0.1, 0.15) is 6.10 Å². The molecule has 0 radical (unpaired) electrons. The summed E-state index contributed by atoms with van der Waals surface area (Å²) in [5.41, 5.74) is 1.79. The molecule has 0 aliphatic rings. The number of unbranched alkanes of at least 4 members (excludes halogenated alkanes) is 1. The number of methoxy groups -OCH3 is 1. The quantitative estimate of drug-likeness (QED) is 0.837. The van der Waals surface area contributed by atoms with Crippen LogP contribution in [0.5, 0.6) is 0 Å². The van der Waals surface area contributed by atoms with Gasteiger partial charge in [0.15, 0.2) is 0 Å². The molecule has 0 spiro atoms. The van der Waals surface area contributed by atoms with Crippen LogP contribution in [0.15, 0.2) is 18.2 Å². The van der Waals surface area contributed by atoms with Gasteiger partial charge in [-0.2, -0.15) is 0 Å². The summed E-state index contributed by atoms with van der Waals surface area (Å²) in [5.74, 6) is 0. The van der Waals surface area contributed by atoms with Crippen LogP contribution in [0.1, 0.15) is 43.4 Å². The van der Waals surface area contributed by atoms with Gasteiger partial charge in [-0.15, -0.1) is 0 Å². The van der Waals surface area contributed by atoms with E-state index in [0.717, 1.165) is 30.4 Å². The number of aliphatic hydroxyl groups is 1. The normalized spacial score (nSPS) is 14.6. The van der Waals surface area contributed by atoms with Crippen molar-refractivity contribution in [2.75, 3.05) is 7.11 Å². The molecule has 0 aliphatic carbocycles. The fraction of sp³-hybridized carbons (Fsp3) is 0.571. The highest BCUT2D eigenvalue weighted by Crippen LogP contribution is 2.31. The maximum Gasteiger partial charge on any atom is 0.107 e. The van der Waals surface area contributed by atoms with Gasteiger partial charge in [-0.25, -0.2) is 0 Å². The molecule has 0 heterocycles. The SMILES string of the molecule is CCCC[C@H](OC)[C@@H](O)c1c(C)cccc1Cl. The van der Waals surface area contributed by atoms with Gasteiger partial charge in [-0.1, -0.05) is 43.5 Å². The van der Waals surface area contributed by atoms with E-state index in [1.165, 1.54) is 0 Å².